The summed E-state index contributed by atoms with van der Waals surface area (Å²) in [6.07, 6.45) is 0.516. The highest BCUT2D eigenvalue weighted by Gasteiger charge is 2.17. The summed E-state index contributed by atoms with van der Waals surface area (Å²) < 4.78 is 6.87. The topological polar surface area (TPSA) is 106 Å². The first-order valence-corrected chi connectivity index (χ1v) is 10.8. The van der Waals surface area contributed by atoms with Crippen molar-refractivity contribution in [3.63, 3.8) is 0 Å². The van der Waals surface area contributed by atoms with Gasteiger partial charge in [0.05, 0.1) is 22.9 Å². The average Bonchev–Trinajstić information content (AvgIpc) is 3.13. The Labute approximate surface area is 196 Å². The van der Waals surface area contributed by atoms with E-state index < -0.39 is 24.4 Å². The number of ether oxygens (including phenoxy) is 1. The molecule has 3 rings (SSSR count). The van der Waals surface area contributed by atoms with E-state index in [1.165, 1.54) is 11.9 Å². The van der Waals surface area contributed by atoms with Gasteiger partial charge in [-0.15, -0.1) is 0 Å². The molecule has 0 aliphatic rings. The average molecular weight is 472 g/mol. The molecule has 0 radical (unpaired) electrons. The van der Waals surface area contributed by atoms with E-state index in [2.05, 4.69) is 15.4 Å². The van der Waals surface area contributed by atoms with Crippen molar-refractivity contribution in [2.75, 3.05) is 25.5 Å². The van der Waals surface area contributed by atoms with Crippen LogP contribution in [0.4, 0.5) is 5.69 Å². The number of hydrogen-bond acceptors (Lipinski definition) is 6. The van der Waals surface area contributed by atoms with Crippen molar-refractivity contribution < 1.29 is 19.1 Å². The lowest BCUT2D eigenvalue weighted by Crippen LogP contribution is -2.37. The molecule has 2 aromatic heterocycles. The minimum atomic E-state index is -0.507. The van der Waals surface area contributed by atoms with Gasteiger partial charge in [0.2, 0.25) is 5.91 Å². The summed E-state index contributed by atoms with van der Waals surface area (Å²) in [6, 6.07) is 8.70. The number of likely N-dealkylation sites (N-methyl/N-ethyl adjacent to an activating group) is 1. The standard InChI is InChI=1S/C23H26ClN5O4/c1-14-11-20-25-15(2)17(16(3)29(20)27-14)9-10-23(32)33-13-22(31)28(4)12-21(30)26-19-8-6-5-7-18(19)24/h5-8,11H,9-10,12-13H2,1-4H3,(H,26,30). The van der Waals surface area contributed by atoms with E-state index in [1.807, 2.05) is 26.8 Å². The number of aromatic nitrogens is 3. The number of fused-ring (bicyclic) bond motifs is 1. The quantitative estimate of drug-likeness (QED) is 0.506. The Morgan fingerprint density at radius 2 is 1.91 bits per heavy atom. The van der Waals surface area contributed by atoms with Crippen molar-refractivity contribution in [2.24, 2.45) is 0 Å². The van der Waals surface area contributed by atoms with Gasteiger partial charge in [-0.1, -0.05) is 23.7 Å². The minimum absolute atomic E-state index is 0.0963. The zero-order chi connectivity index (χ0) is 24.1. The van der Waals surface area contributed by atoms with Crippen molar-refractivity contribution in [3.05, 3.63) is 58.0 Å². The number of rotatable bonds is 8. The molecule has 0 saturated carbocycles. The predicted molar refractivity (Wildman–Crippen MR) is 124 cm³/mol. The van der Waals surface area contributed by atoms with Crippen LogP contribution in [0.2, 0.25) is 5.02 Å². The maximum absolute atomic E-state index is 12.3. The molecule has 10 heteroatoms. The maximum Gasteiger partial charge on any atom is 0.306 e. The van der Waals surface area contributed by atoms with Crippen LogP contribution < -0.4 is 5.32 Å². The fraction of sp³-hybridized carbons (Fsp3) is 0.348. The number of esters is 1. The van der Waals surface area contributed by atoms with E-state index in [0.29, 0.717) is 17.1 Å². The fourth-order valence-electron chi connectivity index (χ4n) is 3.41. The molecule has 0 unspecified atom stereocenters. The number of nitrogens with one attached hydrogen (secondary N) is 1. The molecule has 0 aliphatic carbocycles. The molecule has 1 N–H and O–H groups in total. The lowest BCUT2D eigenvalue weighted by molar-refractivity contribution is -0.151. The summed E-state index contributed by atoms with van der Waals surface area (Å²) in [5.41, 5.74) is 4.75. The van der Waals surface area contributed by atoms with E-state index in [1.54, 1.807) is 28.8 Å². The minimum Gasteiger partial charge on any atom is -0.456 e. The van der Waals surface area contributed by atoms with Crippen LogP contribution in [0.1, 0.15) is 29.1 Å². The summed E-state index contributed by atoms with van der Waals surface area (Å²) >= 11 is 6.01. The Balaban J connectivity index is 1.47. The number of aryl methyl sites for hydroxylation is 3. The third-order valence-electron chi connectivity index (χ3n) is 5.18. The number of hydrogen-bond donors (Lipinski definition) is 1. The second kappa shape index (κ2) is 10.4. The maximum atomic E-state index is 12.3. The Kier molecular flexibility index (Phi) is 7.65. The van der Waals surface area contributed by atoms with E-state index in [-0.39, 0.29) is 13.0 Å². The van der Waals surface area contributed by atoms with Crippen molar-refractivity contribution in [2.45, 2.75) is 33.6 Å². The van der Waals surface area contributed by atoms with E-state index in [0.717, 1.165) is 28.3 Å². The van der Waals surface area contributed by atoms with Crippen LogP contribution in [0.25, 0.3) is 5.65 Å². The van der Waals surface area contributed by atoms with Crippen LogP contribution in [0.3, 0.4) is 0 Å². The van der Waals surface area contributed by atoms with Crippen LogP contribution in [0.15, 0.2) is 30.3 Å². The molecule has 1 aromatic carbocycles. The number of carbonyl (C=O) groups excluding carboxylic acids is 3. The van der Waals surface area contributed by atoms with Crippen LogP contribution in [0.5, 0.6) is 0 Å². The number of amides is 2. The molecule has 174 valence electrons. The second-order valence-electron chi connectivity index (χ2n) is 7.76. The normalized spacial score (nSPS) is 10.8. The van der Waals surface area contributed by atoms with Gasteiger partial charge in [0, 0.05) is 30.9 Å². The Bertz CT molecular complexity index is 1210. The third-order valence-corrected chi connectivity index (χ3v) is 5.51. The fourth-order valence-corrected chi connectivity index (χ4v) is 3.59. The second-order valence-corrected chi connectivity index (χ2v) is 8.16. The Morgan fingerprint density at radius 1 is 1.18 bits per heavy atom. The largest absolute Gasteiger partial charge is 0.456 e. The third kappa shape index (κ3) is 6.07. The van der Waals surface area contributed by atoms with Gasteiger partial charge >= 0.3 is 5.97 Å². The molecule has 0 spiro atoms. The van der Waals surface area contributed by atoms with Gasteiger partial charge in [-0.2, -0.15) is 5.10 Å². The Morgan fingerprint density at radius 3 is 2.64 bits per heavy atom. The molecular weight excluding hydrogens is 446 g/mol. The molecule has 0 bridgehead atoms. The Hall–Kier alpha value is -3.46. The molecule has 33 heavy (non-hydrogen) atoms. The first-order chi connectivity index (χ1) is 15.7. The molecule has 0 fully saturated rings. The predicted octanol–water partition coefficient (Wildman–Crippen LogP) is 2.88. The van der Waals surface area contributed by atoms with Crippen molar-refractivity contribution in [1.29, 1.82) is 0 Å². The van der Waals surface area contributed by atoms with Crippen LogP contribution >= 0.6 is 11.6 Å². The van der Waals surface area contributed by atoms with Crippen molar-refractivity contribution >= 4 is 40.7 Å². The van der Waals surface area contributed by atoms with E-state index >= 15 is 0 Å². The lowest BCUT2D eigenvalue weighted by atomic mass is 10.1. The lowest BCUT2D eigenvalue weighted by Gasteiger charge is -2.17. The summed E-state index contributed by atoms with van der Waals surface area (Å²) in [4.78, 5) is 42.3. The SMILES string of the molecule is Cc1cc2nc(C)c(CCC(=O)OCC(=O)N(C)CC(=O)Nc3ccccc3Cl)c(C)n2n1. The number of nitrogens with zero attached hydrogens (tertiary/aromatic N) is 4. The highest BCUT2D eigenvalue weighted by Crippen LogP contribution is 2.20. The van der Waals surface area contributed by atoms with Gasteiger partial charge in [0.15, 0.2) is 12.3 Å². The number of anilines is 1. The molecule has 0 aliphatic heterocycles. The monoisotopic (exact) mass is 471 g/mol. The van der Waals surface area contributed by atoms with Crippen LogP contribution in [-0.2, 0) is 25.5 Å². The molecule has 3 aromatic rings. The first-order valence-electron chi connectivity index (χ1n) is 10.4. The van der Waals surface area contributed by atoms with Crippen LogP contribution in [0, 0.1) is 20.8 Å². The molecular formula is C23H26ClN5O4. The number of halogens is 1. The number of carbonyl (C=O) groups is 3. The summed E-state index contributed by atoms with van der Waals surface area (Å²) in [5, 5.41) is 7.46. The molecule has 9 nitrogen and oxygen atoms in total. The van der Waals surface area contributed by atoms with Gasteiger partial charge in [0.25, 0.3) is 5.91 Å². The van der Waals surface area contributed by atoms with Crippen molar-refractivity contribution in [1.82, 2.24) is 19.5 Å². The molecule has 2 heterocycles. The van der Waals surface area contributed by atoms with Gasteiger partial charge in [0.1, 0.15) is 0 Å². The zero-order valence-corrected chi connectivity index (χ0v) is 19.8. The summed E-state index contributed by atoms with van der Waals surface area (Å²) in [7, 11) is 1.46. The van der Waals surface area contributed by atoms with Gasteiger partial charge in [-0.05, 0) is 44.9 Å². The van der Waals surface area contributed by atoms with Crippen molar-refractivity contribution in [3.8, 4) is 0 Å². The molecule has 2 amide bonds. The first kappa shape index (κ1) is 24.2. The van der Waals surface area contributed by atoms with Gasteiger partial charge in [-0.3, -0.25) is 14.4 Å². The van der Waals surface area contributed by atoms with Gasteiger partial charge < -0.3 is 15.0 Å². The smallest absolute Gasteiger partial charge is 0.306 e. The highest BCUT2D eigenvalue weighted by molar-refractivity contribution is 6.33. The number of para-hydroxylation sites is 1. The number of benzene rings is 1. The van der Waals surface area contributed by atoms with Crippen LogP contribution in [-0.4, -0.2) is 57.5 Å². The van der Waals surface area contributed by atoms with E-state index in [9.17, 15) is 14.4 Å². The van der Waals surface area contributed by atoms with Gasteiger partial charge in [-0.25, -0.2) is 9.50 Å². The molecule has 0 atom stereocenters. The summed E-state index contributed by atoms with van der Waals surface area (Å²) in [5.74, 6) is -1.40. The summed E-state index contributed by atoms with van der Waals surface area (Å²) in [6.45, 7) is 5.08. The zero-order valence-electron chi connectivity index (χ0n) is 19.0. The molecule has 0 saturated heterocycles. The van der Waals surface area contributed by atoms with E-state index in [4.69, 9.17) is 16.3 Å². The highest BCUT2D eigenvalue weighted by atomic mass is 35.5.